The van der Waals surface area contributed by atoms with E-state index in [1.54, 1.807) is 16.7 Å². The lowest BCUT2D eigenvalue weighted by Gasteiger charge is -2.36. The number of amides is 3. The lowest BCUT2D eigenvalue weighted by Crippen LogP contribution is -2.56. The summed E-state index contributed by atoms with van der Waals surface area (Å²) < 4.78 is -0.605. The van der Waals surface area contributed by atoms with Gasteiger partial charge in [-0.05, 0) is 38.2 Å². The number of nitrogens with zero attached hydrogens (tertiary/aromatic N) is 1. The smallest absolute Gasteiger partial charge is 0.244 e. The predicted molar refractivity (Wildman–Crippen MR) is 150 cm³/mol. The first-order valence-corrected chi connectivity index (χ1v) is 15.5. The van der Waals surface area contributed by atoms with Crippen LogP contribution in [0.25, 0.3) is 0 Å². The summed E-state index contributed by atoms with van der Waals surface area (Å²) >= 11 is 5.50. The van der Waals surface area contributed by atoms with Gasteiger partial charge in [-0.15, -0.1) is 11.8 Å². The van der Waals surface area contributed by atoms with Gasteiger partial charge in [0.1, 0.15) is 6.04 Å². The monoisotopic (exact) mass is 593 g/mol. The zero-order valence-corrected chi connectivity index (χ0v) is 24.2. The van der Waals surface area contributed by atoms with Crippen molar-refractivity contribution in [2.24, 2.45) is 11.8 Å². The second-order valence-electron chi connectivity index (χ2n) is 10.7. The number of aliphatic hydroxyl groups excluding tert-OH is 1. The van der Waals surface area contributed by atoms with Crippen LogP contribution in [0.3, 0.4) is 0 Å². The van der Waals surface area contributed by atoms with Crippen molar-refractivity contribution >= 4 is 45.4 Å². The zero-order valence-electron chi connectivity index (χ0n) is 21.8. The quantitative estimate of drug-likeness (QED) is 0.240. The molecule has 0 aromatic heterocycles. The highest BCUT2D eigenvalue weighted by atomic mass is 79.9. The Hall–Kier alpha value is -1.58. The Bertz CT molecular complexity index is 966. The van der Waals surface area contributed by atoms with E-state index in [2.05, 4.69) is 33.5 Å². The average Bonchev–Trinajstić information content (AvgIpc) is 3.46. The summed E-state index contributed by atoms with van der Waals surface area (Å²) in [5.74, 6) is -1.22. The Morgan fingerprint density at radius 3 is 2.62 bits per heavy atom. The van der Waals surface area contributed by atoms with Crippen LogP contribution < -0.4 is 10.6 Å². The molecule has 7 nitrogen and oxygen atoms in total. The zero-order chi connectivity index (χ0) is 26.6. The number of hydrogen-bond donors (Lipinski definition) is 3. The van der Waals surface area contributed by atoms with Crippen LogP contribution >= 0.6 is 27.7 Å². The molecule has 3 N–H and O–H groups in total. The fourth-order valence-corrected chi connectivity index (χ4v) is 10.1. The van der Waals surface area contributed by atoms with Gasteiger partial charge in [0.25, 0.3) is 0 Å². The topological polar surface area (TPSA) is 98.7 Å². The molecule has 37 heavy (non-hydrogen) atoms. The van der Waals surface area contributed by atoms with Crippen molar-refractivity contribution in [1.82, 2.24) is 15.5 Å². The lowest BCUT2D eigenvalue weighted by atomic mass is 9.70. The maximum absolute atomic E-state index is 14.0. The summed E-state index contributed by atoms with van der Waals surface area (Å²) in [6.07, 6.45) is 5.85. The van der Waals surface area contributed by atoms with Gasteiger partial charge in [0.15, 0.2) is 0 Å². The molecule has 3 aliphatic rings. The molecule has 2 bridgehead atoms. The van der Waals surface area contributed by atoms with E-state index < -0.39 is 22.6 Å². The third-order valence-electron chi connectivity index (χ3n) is 8.07. The molecule has 4 rings (SSSR count). The van der Waals surface area contributed by atoms with Gasteiger partial charge in [-0.1, -0.05) is 72.4 Å². The van der Waals surface area contributed by atoms with Gasteiger partial charge in [-0.3, -0.25) is 14.4 Å². The molecule has 3 aliphatic heterocycles. The number of carbonyl (C=O) groups is 3. The van der Waals surface area contributed by atoms with Gasteiger partial charge in [-0.25, -0.2) is 0 Å². The van der Waals surface area contributed by atoms with Gasteiger partial charge in [0, 0.05) is 35.8 Å². The van der Waals surface area contributed by atoms with Crippen molar-refractivity contribution in [3.05, 3.63) is 35.9 Å². The van der Waals surface area contributed by atoms with Crippen LogP contribution in [0, 0.1) is 11.8 Å². The van der Waals surface area contributed by atoms with Crippen molar-refractivity contribution in [3.63, 3.8) is 0 Å². The van der Waals surface area contributed by atoms with Crippen LogP contribution in [0.1, 0.15) is 64.4 Å². The summed E-state index contributed by atoms with van der Waals surface area (Å²) in [6, 6.07) is 9.23. The molecule has 1 spiro atoms. The highest BCUT2D eigenvalue weighted by Gasteiger charge is 2.75. The molecule has 7 atom stereocenters. The van der Waals surface area contributed by atoms with Crippen molar-refractivity contribution in [1.29, 1.82) is 0 Å². The van der Waals surface area contributed by atoms with E-state index in [9.17, 15) is 14.4 Å². The molecule has 0 saturated carbocycles. The van der Waals surface area contributed by atoms with Crippen molar-refractivity contribution in [3.8, 4) is 0 Å². The maximum Gasteiger partial charge on any atom is 0.244 e. The van der Waals surface area contributed by atoms with Crippen LogP contribution in [0.5, 0.6) is 0 Å². The Morgan fingerprint density at radius 1 is 1.19 bits per heavy atom. The van der Waals surface area contributed by atoms with Gasteiger partial charge >= 0.3 is 0 Å². The number of thioether (sulfide) groups is 1. The normalized spacial score (nSPS) is 30.9. The number of rotatable bonds is 13. The van der Waals surface area contributed by atoms with E-state index in [0.29, 0.717) is 19.5 Å². The first-order valence-electron chi connectivity index (χ1n) is 13.7. The Labute approximate surface area is 233 Å². The second-order valence-corrected chi connectivity index (χ2v) is 13.5. The summed E-state index contributed by atoms with van der Waals surface area (Å²) in [5.41, 5.74) is 1.01. The van der Waals surface area contributed by atoms with Crippen LogP contribution in [0.15, 0.2) is 30.3 Å². The molecule has 3 heterocycles. The fourth-order valence-electron chi connectivity index (χ4n) is 6.45. The first kappa shape index (κ1) is 28.4. The summed E-state index contributed by atoms with van der Waals surface area (Å²) in [5, 5.41) is 15.3. The minimum Gasteiger partial charge on any atom is -0.396 e. The maximum atomic E-state index is 14.0. The predicted octanol–water partition coefficient (Wildman–Crippen LogP) is 3.62. The molecule has 3 fully saturated rings. The summed E-state index contributed by atoms with van der Waals surface area (Å²) in [4.78, 5) is 43.2. The number of hydrogen-bond acceptors (Lipinski definition) is 5. The molecule has 3 amide bonds. The summed E-state index contributed by atoms with van der Waals surface area (Å²) in [6.45, 7) is 5.19. The van der Waals surface area contributed by atoms with Gasteiger partial charge in [0.05, 0.1) is 16.6 Å². The third-order valence-corrected chi connectivity index (χ3v) is 11.3. The highest BCUT2D eigenvalue weighted by Crippen LogP contribution is 2.67. The van der Waals surface area contributed by atoms with E-state index in [0.717, 1.165) is 44.1 Å². The molecule has 4 unspecified atom stereocenters. The van der Waals surface area contributed by atoms with Crippen LogP contribution in [-0.4, -0.2) is 67.8 Å². The van der Waals surface area contributed by atoms with Gasteiger partial charge in [-0.2, -0.15) is 0 Å². The Balaban J connectivity index is 1.57. The van der Waals surface area contributed by atoms with Gasteiger partial charge < -0.3 is 20.6 Å². The highest BCUT2D eigenvalue weighted by molar-refractivity contribution is 9.09. The molecular weight excluding hydrogens is 554 g/mol. The largest absolute Gasteiger partial charge is 0.396 e. The van der Waals surface area contributed by atoms with Crippen molar-refractivity contribution in [2.75, 3.05) is 13.2 Å². The fraction of sp³-hybridized carbons (Fsp3) is 0.679. The van der Waals surface area contributed by atoms with E-state index in [4.69, 9.17) is 5.11 Å². The number of benzene rings is 1. The standard InChI is InChI=1S/C28H40BrN3O4S/c1-3-11-18(2)31-26(35)24-28-16-20(29)23(37-28)21(25(34)30-17-19-12-7-6-8-13-19)22(28)27(36)32(24)14-9-4-5-10-15-33/h6-8,12-13,18,20-24,33H,3-5,9-11,14-17H2,1-2H3,(H,30,34)(H,31,35)/t18?,20?,21-,22+,23-,24?,28?/m1/s1. The number of carbonyl (C=O) groups excluding carboxylic acids is 3. The molecule has 9 heteroatoms. The van der Waals surface area contributed by atoms with Crippen LogP contribution in [-0.2, 0) is 20.9 Å². The number of aliphatic hydroxyl groups is 1. The molecule has 204 valence electrons. The second kappa shape index (κ2) is 12.5. The third kappa shape index (κ3) is 5.74. The van der Waals surface area contributed by atoms with Crippen LogP contribution in [0.2, 0.25) is 0 Å². The number of nitrogens with one attached hydrogen (secondary N) is 2. The van der Waals surface area contributed by atoms with Crippen molar-refractivity contribution in [2.45, 2.75) is 92.2 Å². The summed E-state index contributed by atoms with van der Waals surface area (Å²) in [7, 11) is 0. The number of likely N-dealkylation sites (tertiary alicyclic amines) is 1. The molecule has 1 aromatic rings. The minimum atomic E-state index is -0.605. The number of alkyl halides is 1. The van der Waals surface area contributed by atoms with E-state index in [1.807, 2.05) is 37.3 Å². The molecular formula is C28H40BrN3O4S. The van der Waals surface area contributed by atoms with Crippen LogP contribution in [0.4, 0.5) is 0 Å². The molecule has 1 aromatic carbocycles. The SMILES string of the molecule is CCCC(C)NC(=O)C1N(CCCCCCO)C(=O)[C@@H]2[C@@H](C(=O)NCc3ccccc3)[C@@H]3SC12CC3Br. The minimum absolute atomic E-state index is 0.0304. The molecule has 0 aliphatic carbocycles. The van der Waals surface area contributed by atoms with E-state index >= 15 is 0 Å². The van der Waals surface area contributed by atoms with Gasteiger partial charge in [0.2, 0.25) is 17.7 Å². The molecule has 3 saturated heterocycles. The number of unbranched alkanes of at least 4 members (excludes halogenated alkanes) is 3. The van der Waals surface area contributed by atoms with E-state index in [-0.39, 0.29) is 40.4 Å². The Kier molecular flexibility index (Phi) is 9.62. The first-order chi connectivity index (χ1) is 17.8. The average molecular weight is 595 g/mol. The van der Waals surface area contributed by atoms with Crippen molar-refractivity contribution < 1.29 is 19.5 Å². The number of halogens is 1. The number of fused-ring (bicyclic) bond motifs is 1. The molecule has 0 radical (unpaired) electrons. The lowest BCUT2D eigenvalue weighted by molar-refractivity contribution is -0.140. The van der Waals surface area contributed by atoms with E-state index in [1.165, 1.54) is 0 Å². The Morgan fingerprint density at radius 2 is 1.92 bits per heavy atom.